The van der Waals surface area contributed by atoms with E-state index in [1.54, 1.807) is 26.2 Å². The molecular formula is C23H26N4O4. The second-order valence-electron chi connectivity index (χ2n) is 7.42. The van der Waals surface area contributed by atoms with Gasteiger partial charge in [0.1, 0.15) is 5.75 Å². The maximum absolute atomic E-state index is 13.2. The van der Waals surface area contributed by atoms with E-state index in [2.05, 4.69) is 20.9 Å². The minimum atomic E-state index is -0.567. The lowest BCUT2D eigenvalue weighted by Gasteiger charge is -2.31. The number of para-hydroxylation sites is 2. The summed E-state index contributed by atoms with van der Waals surface area (Å²) in [6, 6.07) is 14.2. The molecular weight excluding hydrogens is 396 g/mol. The molecule has 2 aromatic carbocycles. The molecule has 0 aliphatic carbocycles. The molecule has 2 aliphatic rings. The third kappa shape index (κ3) is 4.49. The van der Waals surface area contributed by atoms with Crippen LogP contribution in [0.1, 0.15) is 18.5 Å². The predicted molar refractivity (Wildman–Crippen MR) is 118 cm³/mol. The topological polar surface area (TPSA) is 91.9 Å². The van der Waals surface area contributed by atoms with Crippen LogP contribution in [-0.2, 0) is 9.53 Å². The third-order valence-corrected chi connectivity index (χ3v) is 5.47. The van der Waals surface area contributed by atoms with Crippen molar-refractivity contribution >= 4 is 23.3 Å². The molecule has 2 aromatic rings. The SMILES string of the molecule is COc1ccccc1NC(=O)C1=C(C)NC(=O)N[C@@H]1c1ccc(N2CCOCC2)cc1. The van der Waals surface area contributed by atoms with Gasteiger partial charge in [0.25, 0.3) is 5.91 Å². The van der Waals surface area contributed by atoms with Gasteiger partial charge in [0, 0.05) is 24.5 Å². The molecule has 4 rings (SSSR count). The Kier molecular flexibility index (Phi) is 6.08. The zero-order valence-electron chi connectivity index (χ0n) is 17.6. The van der Waals surface area contributed by atoms with Crippen LogP contribution in [0.5, 0.6) is 5.75 Å². The second-order valence-corrected chi connectivity index (χ2v) is 7.42. The molecule has 0 bridgehead atoms. The summed E-state index contributed by atoms with van der Waals surface area (Å²) in [4.78, 5) is 27.6. The minimum absolute atomic E-state index is 0.309. The average molecular weight is 422 g/mol. The van der Waals surface area contributed by atoms with E-state index < -0.39 is 6.04 Å². The summed E-state index contributed by atoms with van der Waals surface area (Å²) < 4.78 is 10.7. The van der Waals surface area contributed by atoms with Gasteiger partial charge in [0.05, 0.1) is 37.6 Å². The molecule has 1 atom stereocenters. The van der Waals surface area contributed by atoms with Crippen molar-refractivity contribution in [3.63, 3.8) is 0 Å². The van der Waals surface area contributed by atoms with Gasteiger partial charge in [0.2, 0.25) is 0 Å². The molecule has 0 saturated carbocycles. The summed E-state index contributed by atoms with van der Waals surface area (Å²) in [6.07, 6.45) is 0. The molecule has 0 spiro atoms. The van der Waals surface area contributed by atoms with Gasteiger partial charge in [-0.1, -0.05) is 24.3 Å². The number of carbonyl (C=O) groups is 2. The smallest absolute Gasteiger partial charge is 0.319 e. The van der Waals surface area contributed by atoms with E-state index in [9.17, 15) is 9.59 Å². The van der Waals surface area contributed by atoms with E-state index in [0.717, 1.165) is 24.3 Å². The summed E-state index contributed by atoms with van der Waals surface area (Å²) in [5.41, 5.74) is 3.45. The van der Waals surface area contributed by atoms with Gasteiger partial charge in [-0.05, 0) is 36.8 Å². The second kappa shape index (κ2) is 9.09. The van der Waals surface area contributed by atoms with Crippen molar-refractivity contribution in [3.05, 3.63) is 65.4 Å². The Morgan fingerprint density at radius 3 is 2.55 bits per heavy atom. The molecule has 3 amide bonds. The summed E-state index contributed by atoms with van der Waals surface area (Å²) >= 11 is 0. The number of urea groups is 1. The number of ether oxygens (including phenoxy) is 2. The van der Waals surface area contributed by atoms with Gasteiger partial charge in [-0.2, -0.15) is 0 Å². The van der Waals surface area contributed by atoms with Crippen molar-refractivity contribution in [1.29, 1.82) is 0 Å². The van der Waals surface area contributed by atoms with Gasteiger partial charge in [-0.25, -0.2) is 4.79 Å². The van der Waals surface area contributed by atoms with Crippen molar-refractivity contribution in [2.75, 3.05) is 43.6 Å². The Hall–Kier alpha value is -3.52. The molecule has 2 heterocycles. The summed E-state index contributed by atoms with van der Waals surface area (Å²) in [5.74, 6) is 0.255. The predicted octanol–water partition coefficient (Wildman–Crippen LogP) is 2.80. The number of methoxy groups -OCH3 is 1. The molecule has 8 heteroatoms. The van der Waals surface area contributed by atoms with Crippen LogP contribution in [0.15, 0.2) is 59.8 Å². The molecule has 1 saturated heterocycles. The molecule has 0 aromatic heterocycles. The standard InChI is InChI=1S/C23H26N4O4/c1-15-20(22(28)25-18-5-3-4-6-19(18)30-2)21(26-23(29)24-15)16-7-9-17(10-8-16)27-11-13-31-14-12-27/h3-10,21H,11-14H2,1-2H3,(H,25,28)(H2,24,26,29)/t21-/m1/s1. The number of allylic oxidation sites excluding steroid dienone is 1. The fourth-order valence-electron chi connectivity index (χ4n) is 3.88. The Labute approximate surface area is 181 Å². The van der Waals surface area contributed by atoms with Crippen LogP contribution < -0.4 is 25.6 Å². The molecule has 162 valence electrons. The van der Waals surface area contributed by atoms with E-state index in [1.807, 2.05) is 36.4 Å². The molecule has 0 radical (unpaired) electrons. The van der Waals surface area contributed by atoms with Crippen molar-refractivity contribution in [1.82, 2.24) is 10.6 Å². The van der Waals surface area contributed by atoms with E-state index in [1.165, 1.54) is 0 Å². The normalized spacial score (nSPS) is 18.8. The fourth-order valence-corrected chi connectivity index (χ4v) is 3.88. The Morgan fingerprint density at radius 1 is 1.13 bits per heavy atom. The molecule has 3 N–H and O–H groups in total. The fraction of sp³-hybridized carbons (Fsp3) is 0.304. The number of benzene rings is 2. The van der Waals surface area contributed by atoms with Crippen LogP contribution in [0.25, 0.3) is 0 Å². The first-order valence-corrected chi connectivity index (χ1v) is 10.2. The molecule has 8 nitrogen and oxygen atoms in total. The minimum Gasteiger partial charge on any atom is -0.495 e. The highest BCUT2D eigenvalue weighted by Gasteiger charge is 2.31. The Bertz CT molecular complexity index is 997. The number of amides is 3. The Morgan fingerprint density at radius 2 is 1.84 bits per heavy atom. The lowest BCUT2D eigenvalue weighted by atomic mass is 9.94. The number of hydrogen-bond acceptors (Lipinski definition) is 5. The number of carbonyl (C=O) groups excluding carboxylic acids is 2. The first-order chi connectivity index (χ1) is 15.1. The van der Waals surface area contributed by atoms with Crippen LogP contribution in [0, 0.1) is 0 Å². The maximum Gasteiger partial charge on any atom is 0.319 e. The lowest BCUT2D eigenvalue weighted by Crippen LogP contribution is -2.46. The highest BCUT2D eigenvalue weighted by Crippen LogP contribution is 2.31. The van der Waals surface area contributed by atoms with Gasteiger partial charge >= 0.3 is 6.03 Å². The number of nitrogens with one attached hydrogen (secondary N) is 3. The van der Waals surface area contributed by atoms with Gasteiger partial charge in [0.15, 0.2) is 0 Å². The number of anilines is 2. The lowest BCUT2D eigenvalue weighted by molar-refractivity contribution is -0.113. The van der Waals surface area contributed by atoms with E-state index in [4.69, 9.17) is 9.47 Å². The zero-order chi connectivity index (χ0) is 21.8. The summed E-state index contributed by atoms with van der Waals surface area (Å²) in [6.45, 7) is 4.83. The number of morpholine rings is 1. The van der Waals surface area contributed by atoms with Gasteiger partial charge in [-0.3, -0.25) is 4.79 Å². The first kappa shape index (κ1) is 20.7. The van der Waals surface area contributed by atoms with Crippen LogP contribution in [0.3, 0.4) is 0 Å². The quantitative estimate of drug-likeness (QED) is 0.689. The van der Waals surface area contributed by atoms with E-state index in [0.29, 0.717) is 35.9 Å². The van der Waals surface area contributed by atoms with Crippen molar-refractivity contribution in [3.8, 4) is 5.75 Å². The highest BCUT2D eigenvalue weighted by atomic mass is 16.5. The van der Waals surface area contributed by atoms with Crippen LogP contribution in [-0.4, -0.2) is 45.4 Å². The summed E-state index contributed by atoms with van der Waals surface area (Å²) in [7, 11) is 1.55. The third-order valence-electron chi connectivity index (χ3n) is 5.47. The van der Waals surface area contributed by atoms with Crippen LogP contribution in [0.2, 0.25) is 0 Å². The Balaban J connectivity index is 1.60. The monoisotopic (exact) mass is 422 g/mol. The molecule has 0 unspecified atom stereocenters. The van der Waals surface area contributed by atoms with Crippen molar-refractivity contribution < 1.29 is 19.1 Å². The number of hydrogen-bond donors (Lipinski definition) is 3. The van der Waals surface area contributed by atoms with Crippen molar-refractivity contribution in [2.24, 2.45) is 0 Å². The molecule has 1 fully saturated rings. The summed E-state index contributed by atoms with van der Waals surface area (Å²) in [5, 5.41) is 8.48. The largest absolute Gasteiger partial charge is 0.495 e. The van der Waals surface area contributed by atoms with Crippen molar-refractivity contribution in [2.45, 2.75) is 13.0 Å². The highest BCUT2D eigenvalue weighted by molar-refractivity contribution is 6.07. The maximum atomic E-state index is 13.2. The molecule has 2 aliphatic heterocycles. The van der Waals surface area contributed by atoms with Gasteiger partial charge < -0.3 is 30.3 Å². The molecule has 31 heavy (non-hydrogen) atoms. The van der Waals surface area contributed by atoms with E-state index in [-0.39, 0.29) is 11.9 Å². The zero-order valence-corrected chi connectivity index (χ0v) is 17.6. The van der Waals surface area contributed by atoms with Crippen LogP contribution in [0.4, 0.5) is 16.2 Å². The number of nitrogens with zero attached hydrogens (tertiary/aromatic N) is 1. The van der Waals surface area contributed by atoms with E-state index >= 15 is 0 Å². The van der Waals surface area contributed by atoms with Crippen LogP contribution >= 0.6 is 0 Å². The average Bonchev–Trinajstić information content (AvgIpc) is 2.79. The number of rotatable bonds is 5. The van der Waals surface area contributed by atoms with Gasteiger partial charge in [-0.15, -0.1) is 0 Å². The first-order valence-electron chi connectivity index (χ1n) is 10.2.